The minimum Gasteiger partial charge on any atom is -0.476 e. The molecule has 0 saturated heterocycles. The zero-order valence-electron chi connectivity index (χ0n) is 11.4. The molecule has 0 fully saturated rings. The third-order valence-corrected chi connectivity index (χ3v) is 3.49. The number of rotatable bonds is 7. The number of carbonyl (C=O) groups is 3. The van der Waals surface area contributed by atoms with Crippen LogP contribution in [0.25, 0.3) is 0 Å². The first kappa shape index (κ1) is 16.1. The van der Waals surface area contributed by atoms with Crippen LogP contribution in [0.15, 0.2) is 5.38 Å². The van der Waals surface area contributed by atoms with E-state index in [-0.39, 0.29) is 29.6 Å². The van der Waals surface area contributed by atoms with Crippen LogP contribution < -0.4 is 5.32 Å². The van der Waals surface area contributed by atoms with E-state index in [4.69, 9.17) is 5.11 Å². The summed E-state index contributed by atoms with van der Waals surface area (Å²) in [5, 5.41) is 12.5. The molecule has 2 N–H and O–H groups in total. The molecule has 110 valence electrons. The average molecular weight is 299 g/mol. The Bertz CT molecular complexity index is 497. The molecule has 0 radical (unpaired) electrons. The van der Waals surface area contributed by atoms with Crippen molar-refractivity contribution in [2.24, 2.45) is 0 Å². The summed E-state index contributed by atoms with van der Waals surface area (Å²) >= 11 is 0.891. The molecule has 1 aromatic heterocycles. The van der Waals surface area contributed by atoms with Crippen molar-refractivity contribution in [2.75, 3.05) is 19.6 Å². The Morgan fingerprint density at radius 2 is 2.00 bits per heavy atom. The van der Waals surface area contributed by atoms with E-state index in [1.807, 2.05) is 13.8 Å². The quantitative estimate of drug-likeness (QED) is 0.777. The summed E-state index contributed by atoms with van der Waals surface area (Å²) < 4.78 is 0. The lowest BCUT2D eigenvalue weighted by Gasteiger charge is -2.18. The second-order valence-corrected chi connectivity index (χ2v) is 4.77. The van der Waals surface area contributed by atoms with Crippen LogP contribution >= 0.6 is 11.3 Å². The maximum absolute atomic E-state index is 11.7. The van der Waals surface area contributed by atoms with Crippen molar-refractivity contribution >= 4 is 29.1 Å². The lowest BCUT2D eigenvalue weighted by Crippen LogP contribution is -2.34. The Labute approximate surface area is 120 Å². The number of carboxylic acids is 1. The molecule has 0 aliphatic rings. The van der Waals surface area contributed by atoms with Gasteiger partial charge in [0.1, 0.15) is 5.69 Å². The number of hydrogen-bond acceptors (Lipinski definition) is 5. The van der Waals surface area contributed by atoms with Gasteiger partial charge in [-0.25, -0.2) is 9.78 Å². The number of aromatic nitrogens is 1. The molecule has 1 aromatic rings. The van der Waals surface area contributed by atoms with Crippen LogP contribution in [-0.4, -0.2) is 52.4 Å². The summed E-state index contributed by atoms with van der Waals surface area (Å²) in [5.74, 6) is -1.66. The van der Waals surface area contributed by atoms with Gasteiger partial charge in [0, 0.05) is 31.4 Å². The van der Waals surface area contributed by atoms with E-state index in [0.717, 1.165) is 11.3 Å². The zero-order valence-corrected chi connectivity index (χ0v) is 12.2. The number of nitrogens with zero attached hydrogens (tertiary/aromatic N) is 2. The van der Waals surface area contributed by atoms with Crippen LogP contribution in [-0.2, 0) is 4.79 Å². The number of hydrogen-bond donors (Lipinski definition) is 2. The normalized spacial score (nSPS) is 10.1. The third kappa shape index (κ3) is 4.30. The molecular weight excluding hydrogens is 282 g/mol. The second-order valence-electron chi connectivity index (χ2n) is 3.91. The molecule has 0 aliphatic heterocycles. The molecule has 0 aliphatic carbocycles. The summed E-state index contributed by atoms with van der Waals surface area (Å²) in [6, 6.07) is 0. The smallest absolute Gasteiger partial charge is 0.365 e. The van der Waals surface area contributed by atoms with Gasteiger partial charge in [-0.05, 0) is 13.8 Å². The molecule has 8 heteroatoms. The predicted octanol–water partition coefficient (Wildman–Crippen LogP) is 0.830. The first-order valence-corrected chi connectivity index (χ1v) is 7.12. The SMILES string of the molecule is CCN(CC)C(=O)CCNC(=O)c1csc(C(=O)O)n1. The Morgan fingerprint density at radius 3 is 2.50 bits per heavy atom. The topological polar surface area (TPSA) is 99.6 Å². The van der Waals surface area contributed by atoms with Crippen LogP contribution in [0.4, 0.5) is 0 Å². The molecule has 0 atom stereocenters. The molecule has 0 saturated carbocycles. The van der Waals surface area contributed by atoms with E-state index in [1.54, 1.807) is 4.90 Å². The fourth-order valence-corrected chi connectivity index (χ4v) is 2.22. The number of carboxylic acid groups (broad SMARTS) is 1. The Balaban J connectivity index is 2.43. The molecule has 0 aromatic carbocycles. The summed E-state index contributed by atoms with van der Waals surface area (Å²) in [6.07, 6.45) is 0.212. The maximum Gasteiger partial charge on any atom is 0.365 e. The third-order valence-electron chi connectivity index (χ3n) is 2.66. The lowest BCUT2D eigenvalue weighted by molar-refractivity contribution is -0.130. The molecule has 0 unspecified atom stereocenters. The summed E-state index contributed by atoms with van der Waals surface area (Å²) in [7, 11) is 0. The summed E-state index contributed by atoms with van der Waals surface area (Å²) in [4.78, 5) is 39.4. The van der Waals surface area contributed by atoms with E-state index >= 15 is 0 Å². The number of carbonyl (C=O) groups excluding carboxylic acids is 2. The van der Waals surface area contributed by atoms with Gasteiger partial charge in [-0.1, -0.05) is 0 Å². The van der Waals surface area contributed by atoms with Crippen molar-refractivity contribution in [3.05, 3.63) is 16.1 Å². The molecule has 2 amide bonds. The first-order valence-electron chi connectivity index (χ1n) is 6.24. The van der Waals surface area contributed by atoms with Crippen molar-refractivity contribution < 1.29 is 19.5 Å². The van der Waals surface area contributed by atoms with Crippen molar-refractivity contribution in [2.45, 2.75) is 20.3 Å². The zero-order chi connectivity index (χ0) is 15.1. The Hall–Kier alpha value is -1.96. The van der Waals surface area contributed by atoms with Crippen molar-refractivity contribution in [3.63, 3.8) is 0 Å². The molecule has 7 nitrogen and oxygen atoms in total. The standard InChI is InChI=1S/C12H17N3O4S/c1-3-15(4-2)9(16)5-6-13-10(17)8-7-20-11(14-8)12(18)19/h7H,3-6H2,1-2H3,(H,13,17)(H,18,19). The van der Waals surface area contributed by atoms with Crippen molar-refractivity contribution in [1.82, 2.24) is 15.2 Å². The van der Waals surface area contributed by atoms with Gasteiger partial charge in [0.25, 0.3) is 5.91 Å². The summed E-state index contributed by atoms with van der Waals surface area (Å²) in [6.45, 7) is 5.26. The van der Waals surface area contributed by atoms with Gasteiger partial charge >= 0.3 is 5.97 Å². The fraction of sp³-hybridized carbons (Fsp3) is 0.500. The highest BCUT2D eigenvalue weighted by molar-refractivity contribution is 7.11. The molecule has 1 heterocycles. The van der Waals surface area contributed by atoms with Gasteiger partial charge in [-0.2, -0.15) is 0 Å². The molecule has 0 spiro atoms. The van der Waals surface area contributed by atoms with Gasteiger partial charge in [0.2, 0.25) is 10.9 Å². The largest absolute Gasteiger partial charge is 0.476 e. The van der Waals surface area contributed by atoms with Crippen LogP contribution in [0.3, 0.4) is 0 Å². The highest BCUT2D eigenvalue weighted by atomic mass is 32.1. The van der Waals surface area contributed by atoms with Gasteiger partial charge < -0.3 is 15.3 Å². The Kier molecular flexibility index (Phi) is 6.10. The fourth-order valence-electron chi connectivity index (χ4n) is 1.58. The van der Waals surface area contributed by atoms with E-state index in [0.29, 0.717) is 13.1 Å². The highest BCUT2D eigenvalue weighted by Crippen LogP contribution is 2.09. The Morgan fingerprint density at radius 1 is 1.35 bits per heavy atom. The van der Waals surface area contributed by atoms with E-state index < -0.39 is 11.9 Å². The molecule has 0 bridgehead atoms. The van der Waals surface area contributed by atoms with Crippen molar-refractivity contribution in [3.8, 4) is 0 Å². The molecule has 1 rings (SSSR count). The van der Waals surface area contributed by atoms with E-state index in [1.165, 1.54) is 5.38 Å². The van der Waals surface area contributed by atoms with Crippen LogP contribution in [0.2, 0.25) is 0 Å². The number of nitrogens with one attached hydrogen (secondary N) is 1. The van der Waals surface area contributed by atoms with Gasteiger partial charge in [0.05, 0.1) is 0 Å². The number of thiazole rings is 1. The predicted molar refractivity (Wildman–Crippen MR) is 74.0 cm³/mol. The number of aromatic carboxylic acids is 1. The van der Waals surface area contributed by atoms with Crippen LogP contribution in [0, 0.1) is 0 Å². The van der Waals surface area contributed by atoms with Gasteiger partial charge in [-0.15, -0.1) is 11.3 Å². The van der Waals surface area contributed by atoms with E-state index in [9.17, 15) is 14.4 Å². The van der Waals surface area contributed by atoms with Crippen LogP contribution in [0.5, 0.6) is 0 Å². The average Bonchev–Trinajstić information content (AvgIpc) is 2.89. The highest BCUT2D eigenvalue weighted by Gasteiger charge is 2.15. The second kappa shape index (κ2) is 7.59. The van der Waals surface area contributed by atoms with E-state index in [2.05, 4.69) is 10.3 Å². The number of amides is 2. The minimum atomic E-state index is -1.16. The van der Waals surface area contributed by atoms with Crippen LogP contribution in [0.1, 0.15) is 40.6 Å². The van der Waals surface area contributed by atoms with Gasteiger partial charge in [-0.3, -0.25) is 9.59 Å². The minimum absolute atomic E-state index is 0.0280. The molecule has 20 heavy (non-hydrogen) atoms. The maximum atomic E-state index is 11.7. The molecular formula is C12H17N3O4S. The van der Waals surface area contributed by atoms with Gasteiger partial charge in [0.15, 0.2) is 0 Å². The summed E-state index contributed by atoms with van der Waals surface area (Å²) in [5.41, 5.74) is 0.0580. The van der Waals surface area contributed by atoms with Crippen molar-refractivity contribution in [1.29, 1.82) is 0 Å². The monoisotopic (exact) mass is 299 g/mol. The first-order chi connectivity index (χ1) is 9.49. The lowest BCUT2D eigenvalue weighted by atomic mass is 10.3.